The Morgan fingerprint density at radius 2 is 2.00 bits per heavy atom. The van der Waals surface area contributed by atoms with E-state index in [4.69, 9.17) is 17.1 Å². The van der Waals surface area contributed by atoms with Crippen LogP contribution in [0.2, 0.25) is 0 Å². The molecule has 0 radical (unpaired) electrons. The number of allylic oxidation sites excluding steroid dienone is 4. The van der Waals surface area contributed by atoms with Gasteiger partial charge in [0.2, 0.25) is 0 Å². The second kappa shape index (κ2) is 4.79. The Morgan fingerprint density at radius 1 is 1.31 bits per heavy atom. The molecule has 0 atom stereocenters. The number of nitrogens with zero attached hydrogens (tertiary/aromatic N) is 1. The van der Waals surface area contributed by atoms with Crippen molar-refractivity contribution < 1.29 is 9.51 Å². The average molecular weight is 179 g/mol. The number of rotatable bonds is 3. The first-order valence-corrected chi connectivity index (χ1v) is 3.82. The summed E-state index contributed by atoms with van der Waals surface area (Å²) in [5, 5.41) is 8.57. The molecule has 13 heavy (non-hydrogen) atoms. The number of nitriles is 1. The highest BCUT2D eigenvalue weighted by atomic mass is 16.7. The molecule has 0 saturated heterocycles. The van der Waals surface area contributed by atoms with Crippen LogP contribution >= 0.6 is 0 Å². The fourth-order valence-corrected chi connectivity index (χ4v) is 1.15. The zero-order valence-corrected chi connectivity index (χ0v) is 7.06. The first kappa shape index (κ1) is 9.96. The Morgan fingerprint density at radius 3 is 2.38 bits per heavy atom. The minimum absolute atomic E-state index is 0.672. The van der Waals surface area contributed by atoms with Gasteiger partial charge in [-0.1, -0.05) is 6.08 Å². The van der Waals surface area contributed by atoms with Crippen molar-refractivity contribution in [3.8, 4) is 6.07 Å². The molecule has 4 N–H and O–H groups in total. The van der Waals surface area contributed by atoms with Crippen LogP contribution in [0.5, 0.6) is 0 Å². The highest BCUT2D eigenvalue weighted by Crippen LogP contribution is 2.19. The van der Waals surface area contributed by atoms with E-state index >= 15 is 0 Å². The van der Waals surface area contributed by atoms with Crippen LogP contribution in [0.15, 0.2) is 23.2 Å². The van der Waals surface area contributed by atoms with Crippen molar-refractivity contribution in [2.24, 2.45) is 11.8 Å². The van der Waals surface area contributed by atoms with Gasteiger partial charge in [-0.05, 0) is 24.4 Å². The van der Waals surface area contributed by atoms with E-state index in [0.29, 0.717) is 12.8 Å². The van der Waals surface area contributed by atoms with E-state index in [9.17, 15) is 0 Å². The van der Waals surface area contributed by atoms with Gasteiger partial charge < -0.3 is 9.51 Å². The third-order valence-electron chi connectivity index (χ3n) is 1.88. The third-order valence-corrected chi connectivity index (χ3v) is 1.88. The highest BCUT2D eigenvalue weighted by molar-refractivity contribution is 6.53. The molecule has 5 nitrogen and oxygen atoms in total. The fourth-order valence-electron chi connectivity index (χ4n) is 1.15. The van der Waals surface area contributed by atoms with Gasteiger partial charge in [-0.2, -0.15) is 5.26 Å². The topological polar surface area (TPSA) is 94.3 Å². The van der Waals surface area contributed by atoms with Crippen molar-refractivity contribution in [1.82, 2.24) is 0 Å². The van der Waals surface area contributed by atoms with Gasteiger partial charge in [0.05, 0.1) is 6.07 Å². The Kier molecular flexibility index (Phi) is 3.67. The lowest BCUT2D eigenvalue weighted by atomic mass is 9.73. The van der Waals surface area contributed by atoms with Crippen LogP contribution in [0.4, 0.5) is 0 Å². The van der Waals surface area contributed by atoms with Crippen LogP contribution < -0.4 is 11.8 Å². The quantitative estimate of drug-likeness (QED) is 0.468. The monoisotopic (exact) mass is 179 g/mol. The molecular formula is C7H10BN3O2. The molecule has 0 aromatic rings. The molecule has 0 amide bonds. The minimum atomic E-state index is -0.712. The van der Waals surface area contributed by atoms with Crippen molar-refractivity contribution in [2.75, 3.05) is 0 Å². The molecule has 6 heteroatoms. The Labute approximate surface area is 76.6 Å². The molecule has 1 aliphatic rings. The molecule has 1 aliphatic carbocycles. The first-order valence-electron chi connectivity index (χ1n) is 3.82. The molecule has 68 valence electrons. The maximum Gasteiger partial charge on any atom is 0.523 e. The summed E-state index contributed by atoms with van der Waals surface area (Å²) in [5.74, 6) is 9.90. The second-order valence-corrected chi connectivity index (χ2v) is 2.65. The smallest absolute Gasteiger partial charge is 0.324 e. The van der Waals surface area contributed by atoms with E-state index in [1.54, 1.807) is 12.2 Å². The minimum Gasteiger partial charge on any atom is -0.324 e. The summed E-state index contributed by atoms with van der Waals surface area (Å²) < 4.78 is 8.96. The molecule has 0 bridgehead atoms. The summed E-state index contributed by atoms with van der Waals surface area (Å²) in [6, 6.07) is 2.07. The fraction of sp³-hybridized carbons (Fsp3) is 0.286. The Balaban J connectivity index is 2.69. The number of hydrogen-bond acceptors (Lipinski definition) is 5. The molecule has 0 aromatic heterocycles. The van der Waals surface area contributed by atoms with E-state index in [2.05, 4.69) is 15.6 Å². The van der Waals surface area contributed by atoms with Crippen molar-refractivity contribution in [3.05, 3.63) is 23.2 Å². The molecule has 0 heterocycles. The summed E-state index contributed by atoms with van der Waals surface area (Å²) in [6.45, 7) is 0. The first-order chi connectivity index (χ1) is 6.31. The van der Waals surface area contributed by atoms with Gasteiger partial charge in [-0.15, -0.1) is 0 Å². The van der Waals surface area contributed by atoms with Gasteiger partial charge >= 0.3 is 7.12 Å². The lowest BCUT2D eigenvalue weighted by molar-refractivity contribution is 0.210. The zero-order chi connectivity index (χ0) is 9.68. The van der Waals surface area contributed by atoms with E-state index in [-0.39, 0.29) is 0 Å². The largest absolute Gasteiger partial charge is 0.523 e. The molecule has 0 saturated carbocycles. The van der Waals surface area contributed by atoms with Crippen LogP contribution in [0.3, 0.4) is 0 Å². The molecule has 0 aliphatic heterocycles. The predicted molar refractivity (Wildman–Crippen MR) is 47.3 cm³/mol. The maximum atomic E-state index is 8.57. The van der Waals surface area contributed by atoms with E-state index in [1.165, 1.54) is 0 Å². The highest BCUT2D eigenvalue weighted by Gasteiger charge is 2.23. The molecule has 1 rings (SSSR count). The summed E-state index contributed by atoms with van der Waals surface area (Å²) in [4.78, 5) is 0. The third kappa shape index (κ3) is 2.40. The van der Waals surface area contributed by atoms with Crippen molar-refractivity contribution in [3.63, 3.8) is 0 Å². The maximum absolute atomic E-state index is 8.57. The normalized spacial score (nSPS) is 15.8. The lowest BCUT2D eigenvalue weighted by Crippen LogP contribution is -2.32. The van der Waals surface area contributed by atoms with Crippen molar-refractivity contribution in [2.45, 2.75) is 12.8 Å². The summed E-state index contributed by atoms with van der Waals surface area (Å²) in [7, 11) is -0.712. The molecule has 0 spiro atoms. The summed E-state index contributed by atoms with van der Waals surface area (Å²) in [5.41, 5.74) is 1.57. The van der Waals surface area contributed by atoms with Gasteiger partial charge in [-0.3, -0.25) is 0 Å². The van der Waals surface area contributed by atoms with E-state index < -0.39 is 7.12 Å². The van der Waals surface area contributed by atoms with E-state index in [1.807, 2.05) is 0 Å². The SMILES string of the molecule is N#CC1=CC=C(B(ON)ON)CC1. The molecular weight excluding hydrogens is 169 g/mol. The van der Waals surface area contributed by atoms with Gasteiger partial charge in [0.25, 0.3) is 0 Å². The van der Waals surface area contributed by atoms with Crippen molar-refractivity contribution >= 4 is 7.12 Å². The van der Waals surface area contributed by atoms with Crippen LogP contribution in [-0.2, 0) is 9.51 Å². The molecule has 0 fully saturated rings. The summed E-state index contributed by atoms with van der Waals surface area (Å²) in [6.07, 6.45) is 4.81. The van der Waals surface area contributed by atoms with Gasteiger partial charge in [-0.25, -0.2) is 11.8 Å². The van der Waals surface area contributed by atoms with E-state index in [0.717, 1.165) is 11.0 Å². The lowest BCUT2D eigenvalue weighted by Gasteiger charge is -2.13. The Bertz CT molecular complexity index is 278. The standard InChI is InChI=1S/C7H10BN3O2/c9-5-6-1-3-7(4-2-6)8(12-10)13-11/h1,3H,2,4,10-11H2. The van der Waals surface area contributed by atoms with Gasteiger partial charge in [0.15, 0.2) is 0 Å². The van der Waals surface area contributed by atoms with Crippen LogP contribution in [-0.4, -0.2) is 7.12 Å². The van der Waals surface area contributed by atoms with Crippen LogP contribution in [0, 0.1) is 11.3 Å². The predicted octanol–water partition coefficient (Wildman–Crippen LogP) is -0.0354. The molecule has 0 aromatic carbocycles. The van der Waals surface area contributed by atoms with Gasteiger partial charge in [0.1, 0.15) is 0 Å². The van der Waals surface area contributed by atoms with Crippen LogP contribution in [0.25, 0.3) is 0 Å². The number of hydrogen-bond donors (Lipinski definition) is 2. The molecule has 0 unspecified atom stereocenters. The number of nitrogens with two attached hydrogens (primary N) is 2. The van der Waals surface area contributed by atoms with Gasteiger partial charge in [0, 0.05) is 5.57 Å². The Hall–Kier alpha value is -1.13. The van der Waals surface area contributed by atoms with Crippen molar-refractivity contribution in [1.29, 1.82) is 5.26 Å². The second-order valence-electron chi connectivity index (χ2n) is 2.65. The average Bonchev–Trinajstić information content (AvgIpc) is 2.21. The zero-order valence-electron chi connectivity index (χ0n) is 7.06. The summed E-state index contributed by atoms with van der Waals surface area (Å²) >= 11 is 0. The van der Waals surface area contributed by atoms with Crippen LogP contribution in [0.1, 0.15) is 12.8 Å².